The Kier molecular flexibility index (Phi) is 3.75. The minimum absolute atomic E-state index is 0.191. The third-order valence-electron chi connectivity index (χ3n) is 1.56. The van der Waals surface area contributed by atoms with E-state index in [1.807, 2.05) is 0 Å². The summed E-state index contributed by atoms with van der Waals surface area (Å²) in [6, 6.07) is 3.71. The van der Waals surface area contributed by atoms with Gasteiger partial charge in [0.15, 0.2) is 0 Å². The van der Waals surface area contributed by atoms with E-state index in [2.05, 4.69) is 5.32 Å². The number of benzene rings is 1. The second-order valence-corrected chi connectivity index (χ2v) is 4.66. The van der Waals surface area contributed by atoms with Crippen LogP contribution in [0.4, 0.5) is 14.9 Å². The Bertz CT molecular complexity index is 401. The van der Waals surface area contributed by atoms with E-state index in [9.17, 15) is 9.18 Å². The van der Waals surface area contributed by atoms with Crippen LogP contribution in [0.5, 0.6) is 0 Å². The van der Waals surface area contributed by atoms with E-state index in [0.29, 0.717) is 0 Å². The normalized spacial score (nSPS) is 11.1. The van der Waals surface area contributed by atoms with Gasteiger partial charge in [-0.25, -0.2) is 9.18 Å². The molecule has 1 aromatic carbocycles. The van der Waals surface area contributed by atoms with Crippen molar-refractivity contribution in [3.63, 3.8) is 0 Å². The molecule has 0 unspecified atom stereocenters. The Labute approximate surface area is 98.5 Å². The maximum Gasteiger partial charge on any atom is 0.412 e. The van der Waals surface area contributed by atoms with E-state index in [1.54, 1.807) is 20.8 Å². The van der Waals surface area contributed by atoms with E-state index in [4.69, 9.17) is 16.3 Å². The first-order valence-corrected chi connectivity index (χ1v) is 5.11. The van der Waals surface area contributed by atoms with Crippen LogP contribution in [0.15, 0.2) is 18.2 Å². The van der Waals surface area contributed by atoms with Crippen LogP contribution >= 0.6 is 11.6 Å². The molecule has 0 aliphatic heterocycles. The highest BCUT2D eigenvalue weighted by molar-refractivity contribution is 6.33. The minimum Gasteiger partial charge on any atom is -0.444 e. The van der Waals surface area contributed by atoms with Crippen LogP contribution in [0.25, 0.3) is 0 Å². The van der Waals surface area contributed by atoms with Gasteiger partial charge in [0.25, 0.3) is 0 Å². The number of rotatable bonds is 1. The summed E-state index contributed by atoms with van der Waals surface area (Å²) in [6.07, 6.45) is -0.667. The first-order valence-electron chi connectivity index (χ1n) is 4.73. The van der Waals surface area contributed by atoms with Crippen LogP contribution in [-0.2, 0) is 4.74 Å². The molecule has 1 rings (SSSR count). The van der Waals surface area contributed by atoms with Gasteiger partial charge in [0, 0.05) is 0 Å². The Balaban J connectivity index is 2.73. The number of carbonyl (C=O) groups is 1. The SMILES string of the molecule is CC(C)(C)OC(=O)Nc1cc(F)ccc1Cl. The van der Waals surface area contributed by atoms with Gasteiger partial charge in [0.2, 0.25) is 0 Å². The molecule has 0 atom stereocenters. The van der Waals surface area contributed by atoms with Gasteiger partial charge in [0.1, 0.15) is 11.4 Å². The lowest BCUT2D eigenvalue weighted by Crippen LogP contribution is -2.27. The molecular formula is C11H13ClFNO2. The lowest BCUT2D eigenvalue weighted by atomic mass is 10.2. The fourth-order valence-electron chi connectivity index (χ4n) is 1.01. The van der Waals surface area contributed by atoms with Crippen molar-refractivity contribution in [2.24, 2.45) is 0 Å². The first kappa shape index (κ1) is 12.8. The summed E-state index contributed by atoms with van der Waals surface area (Å²) in [6.45, 7) is 5.21. The van der Waals surface area contributed by atoms with Crippen molar-refractivity contribution in [1.29, 1.82) is 0 Å². The van der Waals surface area contributed by atoms with Crippen LogP contribution in [0.3, 0.4) is 0 Å². The fourth-order valence-corrected chi connectivity index (χ4v) is 1.17. The molecule has 0 heterocycles. The van der Waals surface area contributed by atoms with Crippen LogP contribution in [-0.4, -0.2) is 11.7 Å². The molecule has 0 aromatic heterocycles. The predicted molar refractivity (Wildman–Crippen MR) is 61.3 cm³/mol. The van der Waals surface area contributed by atoms with Crippen LogP contribution < -0.4 is 5.32 Å². The summed E-state index contributed by atoms with van der Waals surface area (Å²) in [5, 5.41) is 2.63. The number of nitrogens with one attached hydrogen (secondary N) is 1. The average molecular weight is 246 g/mol. The van der Waals surface area contributed by atoms with Gasteiger partial charge in [-0.1, -0.05) is 11.6 Å². The highest BCUT2D eigenvalue weighted by Crippen LogP contribution is 2.23. The molecule has 0 spiro atoms. The molecule has 16 heavy (non-hydrogen) atoms. The van der Waals surface area contributed by atoms with Gasteiger partial charge in [-0.05, 0) is 39.0 Å². The van der Waals surface area contributed by atoms with E-state index < -0.39 is 17.5 Å². The highest BCUT2D eigenvalue weighted by Gasteiger charge is 2.17. The molecule has 1 aromatic rings. The maximum atomic E-state index is 12.9. The molecule has 0 fully saturated rings. The van der Waals surface area contributed by atoms with E-state index in [-0.39, 0.29) is 10.7 Å². The van der Waals surface area contributed by atoms with Crippen molar-refractivity contribution in [3.8, 4) is 0 Å². The van der Waals surface area contributed by atoms with Crippen molar-refractivity contribution >= 4 is 23.4 Å². The van der Waals surface area contributed by atoms with Gasteiger partial charge in [-0.3, -0.25) is 5.32 Å². The van der Waals surface area contributed by atoms with Gasteiger partial charge in [-0.15, -0.1) is 0 Å². The van der Waals surface area contributed by atoms with Gasteiger partial charge in [0.05, 0.1) is 10.7 Å². The number of carbonyl (C=O) groups excluding carboxylic acids is 1. The Morgan fingerprint density at radius 3 is 2.62 bits per heavy atom. The van der Waals surface area contributed by atoms with Crippen molar-refractivity contribution < 1.29 is 13.9 Å². The molecular weight excluding hydrogens is 233 g/mol. The van der Waals surface area contributed by atoms with Crippen molar-refractivity contribution in [3.05, 3.63) is 29.0 Å². The second-order valence-electron chi connectivity index (χ2n) is 4.25. The number of hydrogen-bond donors (Lipinski definition) is 1. The van der Waals surface area contributed by atoms with Crippen LogP contribution in [0.1, 0.15) is 20.8 Å². The van der Waals surface area contributed by atoms with Crippen LogP contribution in [0, 0.1) is 5.82 Å². The van der Waals surface area contributed by atoms with Gasteiger partial charge in [-0.2, -0.15) is 0 Å². The molecule has 0 saturated carbocycles. The van der Waals surface area contributed by atoms with E-state index in [0.717, 1.165) is 6.07 Å². The van der Waals surface area contributed by atoms with E-state index >= 15 is 0 Å². The number of ether oxygens (including phenoxy) is 1. The molecule has 1 amide bonds. The minimum atomic E-state index is -0.667. The number of halogens is 2. The smallest absolute Gasteiger partial charge is 0.412 e. The van der Waals surface area contributed by atoms with Crippen LogP contribution in [0.2, 0.25) is 5.02 Å². The number of hydrogen-bond acceptors (Lipinski definition) is 2. The summed E-state index contributed by atoms with van der Waals surface area (Å²) in [5.74, 6) is -0.476. The molecule has 0 saturated heterocycles. The molecule has 0 radical (unpaired) electrons. The molecule has 1 N–H and O–H groups in total. The lowest BCUT2D eigenvalue weighted by molar-refractivity contribution is 0.0636. The topological polar surface area (TPSA) is 38.3 Å². The molecule has 0 aliphatic rings. The quantitative estimate of drug-likeness (QED) is 0.817. The number of amides is 1. The third kappa shape index (κ3) is 4.06. The van der Waals surface area contributed by atoms with Crippen molar-refractivity contribution in [2.75, 3.05) is 5.32 Å². The third-order valence-corrected chi connectivity index (χ3v) is 1.89. The molecule has 0 aliphatic carbocycles. The summed E-state index contributed by atoms with van der Waals surface area (Å²) in [7, 11) is 0. The average Bonchev–Trinajstić information content (AvgIpc) is 2.08. The molecule has 0 bridgehead atoms. The van der Waals surface area contributed by atoms with Crippen molar-refractivity contribution in [2.45, 2.75) is 26.4 Å². The zero-order valence-electron chi connectivity index (χ0n) is 9.30. The molecule has 5 heteroatoms. The van der Waals surface area contributed by atoms with Gasteiger partial charge >= 0.3 is 6.09 Å². The zero-order chi connectivity index (χ0) is 12.3. The van der Waals surface area contributed by atoms with E-state index in [1.165, 1.54) is 12.1 Å². The standard InChI is InChI=1S/C11H13ClFNO2/c1-11(2,3)16-10(15)14-9-6-7(13)4-5-8(9)12/h4-6H,1-3H3,(H,14,15). The number of anilines is 1. The monoisotopic (exact) mass is 245 g/mol. The predicted octanol–water partition coefficient (Wildman–Crippen LogP) is 3.83. The van der Waals surface area contributed by atoms with Crippen molar-refractivity contribution in [1.82, 2.24) is 0 Å². The molecule has 88 valence electrons. The Morgan fingerprint density at radius 1 is 1.44 bits per heavy atom. The largest absolute Gasteiger partial charge is 0.444 e. The van der Waals surface area contributed by atoms with Gasteiger partial charge < -0.3 is 4.74 Å². The lowest BCUT2D eigenvalue weighted by Gasteiger charge is -2.19. The Morgan fingerprint density at radius 2 is 2.06 bits per heavy atom. The summed E-state index contributed by atoms with van der Waals surface area (Å²) in [5.41, 5.74) is -0.417. The summed E-state index contributed by atoms with van der Waals surface area (Å²) in [4.78, 5) is 11.4. The molecule has 3 nitrogen and oxygen atoms in total. The fraction of sp³-hybridized carbons (Fsp3) is 0.364. The highest BCUT2D eigenvalue weighted by atomic mass is 35.5. The second kappa shape index (κ2) is 4.70. The summed E-state index contributed by atoms with van der Waals surface area (Å²) >= 11 is 5.77. The maximum absolute atomic E-state index is 12.9. The zero-order valence-corrected chi connectivity index (χ0v) is 10.1. The summed E-state index contributed by atoms with van der Waals surface area (Å²) < 4.78 is 17.9. The Hall–Kier alpha value is -1.29. The first-order chi connectivity index (χ1) is 7.28.